The second kappa shape index (κ2) is 6.14. The van der Waals surface area contributed by atoms with Crippen LogP contribution in [0.4, 0.5) is 5.13 Å². The minimum Gasteiger partial charge on any atom is -0.450 e. The van der Waals surface area contributed by atoms with Crippen molar-refractivity contribution in [3.05, 3.63) is 92.3 Å². The molecule has 5 nitrogen and oxygen atoms in total. The van der Waals surface area contributed by atoms with Crippen molar-refractivity contribution in [2.24, 2.45) is 0 Å². The highest BCUT2D eigenvalue weighted by molar-refractivity contribution is 7.13. The van der Waals surface area contributed by atoms with E-state index in [-0.39, 0.29) is 17.1 Å². The molecule has 1 amide bonds. The topological polar surface area (TPSA) is 63.4 Å². The first-order valence-electron chi connectivity index (χ1n) is 8.92. The maximum atomic E-state index is 13.5. The molecular formula is C22H16N2O3S. The number of fused-ring (bicyclic) bond motifs is 2. The molecule has 0 aliphatic carbocycles. The molecule has 2 aromatic heterocycles. The summed E-state index contributed by atoms with van der Waals surface area (Å²) in [6.45, 7) is 3.92. The van der Waals surface area contributed by atoms with Crippen LogP contribution in [-0.2, 0) is 0 Å². The third kappa shape index (κ3) is 2.34. The van der Waals surface area contributed by atoms with Gasteiger partial charge >= 0.3 is 0 Å². The molecule has 0 fully saturated rings. The quantitative estimate of drug-likeness (QED) is 0.503. The second-order valence-corrected chi connectivity index (χ2v) is 7.78. The van der Waals surface area contributed by atoms with Crippen molar-refractivity contribution >= 4 is 33.3 Å². The molecular weight excluding hydrogens is 372 g/mol. The van der Waals surface area contributed by atoms with Crippen LogP contribution in [0.3, 0.4) is 0 Å². The van der Waals surface area contributed by atoms with Crippen LogP contribution in [0.1, 0.15) is 38.9 Å². The van der Waals surface area contributed by atoms with Gasteiger partial charge in [0.05, 0.1) is 17.0 Å². The summed E-state index contributed by atoms with van der Waals surface area (Å²) in [7, 11) is 0. The molecule has 0 saturated carbocycles. The van der Waals surface area contributed by atoms with Gasteiger partial charge in [-0.05, 0) is 42.7 Å². The van der Waals surface area contributed by atoms with E-state index in [4.69, 9.17) is 4.42 Å². The average Bonchev–Trinajstić information content (AvgIpc) is 3.31. The summed E-state index contributed by atoms with van der Waals surface area (Å²) in [5, 5.41) is 2.85. The lowest BCUT2D eigenvalue weighted by molar-refractivity contribution is 0.0971. The molecule has 0 unspecified atom stereocenters. The van der Waals surface area contributed by atoms with Gasteiger partial charge in [0.25, 0.3) is 5.91 Å². The van der Waals surface area contributed by atoms with Crippen molar-refractivity contribution in [3.8, 4) is 0 Å². The Hall–Kier alpha value is -3.25. The van der Waals surface area contributed by atoms with Gasteiger partial charge in [-0.2, -0.15) is 0 Å². The van der Waals surface area contributed by atoms with E-state index in [0.29, 0.717) is 21.7 Å². The van der Waals surface area contributed by atoms with Crippen LogP contribution < -0.4 is 10.3 Å². The van der Waals surface area contributed by atoms with Gasteiger partial charge < -0.3 is 4.42 Å². The summed E-state index contributed by atoms with van der Waals surface area (Å²) in [5.41, 5.74) is 3.52. The lowest BCUT2D eigenvalue weighted by Gasteiger charge is -2.22. The SMILES string of the molecule is Cc1cc2oc3c(c(=O)c2cc1C)[C@H](c1ccccc1)N(c1nccs1)C3=O. The van der Waals surface area contributed by atoms with Crippen LogP contribution in [0.15, 0.2) is 63.3 Å². The van der Waals surface area contributed by atoms with E-state index in [1.54, 1.807) is 11.1 Å². The van der Waals surface area contributed by atoms with E-state index in [1.165, 1.54) is 11.3 Å². The molecule has 0 spiro atoms. The van der Waals surface area contributed by atoms with Crippen molar-refractivity contribution in [2.75, 3.05) is 4.90 Å². The molecule has 6 heteroatoms. The normalized spacial score (nSPS) is 16.0. The minimum absolute atomic E-state index is 0.102. The number of carbonyl (C=O) groups is 1. The molecule has 0 bridgehead atoms. The molecule has 1 aliphatic rings. The Labute approximate surface area is 164 Å². The summed E-state index contributed by atoms with van der Waals surface area (Å²) in [5.74, 6) is -0.235. The summed E-state index contributed by atoms with van der Waals surface area (Å²) in [6, 6.07) is 12.6. The van der Waals surface area contributed by atoms with Gasteiger partial charge in [-0.3, -0.25) is 14.5 Å². The van der Waals surface area contributed by atoms with Crippen molar-refractivity contribution in [3.63, 3.8) is 0 Å². The summed E-state index contributed by atoms with van der Waals surface area (Å²) >= 11 is 1.36. The van der Waals surface area contributed by atoms with Gasteiger partial charge in [0, 0.05) is 11.6 Å². The lowest BCUT2D eigenvalue weighted by atomic mass is 9.98. The van der Waals surface area contributed by atoms with Crippen molar-refractivity contribution in [1.29, 1.82) is 0 Å². The molecule has 0 saturated heterocycles. The third-order valence-electron chi connectivity index (χ3n) is 5.23. The van der Waals surface area contributed by atoms with Crippen LogP contribution in [0.25, 0.3) is 11.0 Å². The van der Waals surface area contributed by atoms with Crippen LogP contribution >= 0.6 is 11.3 Å². The van der Waals surface area contributed by atoms with E-state index < -0.39 is 6.04 Å². The maximum absolute atomic E-state index is 13.5. The van der Waals surface area contributed by atoms with Crippen LogP contribution in [0.2, 0.25) is 0 Å². The number of aryl methyl sites for hydroxylation is 2. The zero-order chi connectivity index (χ0) is 19.4. The van der Waals surface area contributed by atoms with E-state index in [2.05, 4.69) is 4.98 Å². The number of nitrogens with zero attached hydrogens (tertiary/aromatic N) is 2. The number of amides is 1. The minimum atomic E-state index is -0.558. The largest absolute Gasteiger partial charge is 0.450 e. The van der Waals surface area contributed by atoms with Crippen molar-refractivity contribution in [2.45, 2.75) is 19.9 Å². The first-order valence-corrected chi connectivity index (χ1v) is 9.80. The van der Waals surface area contributed by atoms with E-state index in [9.17, 15) is 9.59 Å². The fraction of sp³-hybridized carbons (Fsp3) is 0.136. The molecule has 2 aromatic carbocycles. The molecule has 28 heavy (non-hydrogen) atoms. The summed E-state index contributed by atoms with van der Waals surface area (Å²) in [4.78, 5) is 32.6. The average molecular weight is 388 g/mol. The molecule has 5 rings (SSSR count). The number of anilines is 1. The van der Waals surface area contributed by atoms with E-state index >= 15 is 0 Å². The number of aromatic nitrogens is 1. The summed E-state index contributed by atoms with van der Waals surface area (Å²) < 4.78 is 6.00. The molecule has 1 atom stereocenters. The number of thiazole rings is 1. The van der Waals surface area contributed by atoms with Gasteiger partial charge in [0.2, 0.25) is 5.76 Å². The Kier molecular flexibility index (Phi) is 3.70. The third-order valence-corrected chi connectivity index (χ3v) is 6.00. The first kappa shape index (κ1) is 16.9. The van der Waals surface area contributed by atoms with Gasteiger partial charge in [-0.1, -0.05) is 30.3 Å². The maximum Gasteiger partial charge on any atom is 0.297 e. The fourth-order valence-electron chi connectivity index (χ4n) is 3.71. The Morgan fingerprint density at radius 3 is 2.54 bits per heavy atom. The molecule has 4 aromatic rings. The van der Waals surface area contributed by atoms with Crippen LogP contribution in [0, 0.1) is 13.8 Å². The van der Waals surface area contributed by atoms with Crippen LogP contribution in [0.5, 0.6) is 0 Å². The Bertz CT molecular complexity index is 1280. The predicted molar refractivity (Wildman–Crippen MR) is 109 cm³/mol. The lowest BCUT2D eigenvalue weighted by Crippen LogP contribution is -2.29. The number of carbonyl (C=O) groups excluding carboxylic acids is 1. The highest BCUT2D eigenvalue weighted by Gasteiger charge is 2.44. The monoisotopic (exact) mass is 388 g/mol. The van der Waals surface area contributed by atoms with Gasteiger partial charge in [-0.25, -0.2) is 4.98 Å². The zero-order valence-electron chi connectivity index (χ0n) is 15.3. The molecule has 1 aliphatic heterocycles. The zero-order valence-corrected chi connectivity index (χ0v) is 16.1. The highest BCUT2D eigenvalue weighted by Crippen LogP contribution is 2.41. The Balaban J connectivity index is 1.85. The Morgan fingerprint density at radius 1 is 1.07 bits per heavy atom. The predicted octanol–water partition coefficient (Wildman–Crippen LogP) is 4.62. The Morgan fingerprint density at radius 2 is 1.82 bits per heavy atom. The van der Waals surface area contributed by atoms with E-state index in [0.717, 1.165) is 16.7 Å². The fourth-order valence-corrected chi connectivity index (χ4v) is 4.38. The van der Waals surface area contributed by atoms with Crippen LogP contribution in [-0.4, -0.2) is 10.9 Å². The van der Waals surface area contributed by atoms with Gasteiger partial charge in [0.15, 0.2) is 10.6 Å². The van der Waals surface area contributed by atoms with E-state index in [1.807, 2.05) is 61.7 Å². The van der Waals surface area contributed by atoms with Gasteiger partial charge in [-0.15, -0.1) is 11.3 Å². The number of benzene rings is 2. The van der Waals surface area contributed by atoms with Crippen molar-refractivity contribution in [1.82, 2.24) is 4.98 Å². The smallest absolute Gasteiger partial charge is 0.297 e. The molecule has 0 radical (unpaired) electrons. The molecule has 0 N–H and O–H groups in total. The van der Waals surface area contributed by atoms with Crippen molar-refractivity contribution < 1.29 is 9.21 Å². The summed E-state index contributed by atoms with van der Waals surface area (Å²) in [6.07, 6.45) is 1.65. The standard InChI is InChI=1S/C22H16N2O3S/c1-12-10-15-16(11-13(12)2)27-20-17(19(15)25)18(14-6-4-3-5-7-14)24(21(20)26)22-23-8-9-28-22/h3-11,18H,1-2H3/t18-/m0/s1. The number of hydrogen-bond donors (Lipinski definition) is 0. The first-order chi connectivity index (χ1) is 13.6. The number of hydrogen-bond acceptors (Lipinski definition) is 5. The molecule has 138 valence electrons. The second-order valence-electron chi connectivity index (χ2n) is 6.91. The van der Waals surface area contributed by atoms with Gasteiger partial charge in [0.1, 0.15) is 5.58 Å². The molecule has 3 heterocycles. The highest BCUT2D eigenvalue weighted by atomic mass is 32.1. The number of rotatable bonds is 2.